The van der Waals surface area contributed by atoms with Crippen LogP contribution in [0.1, 0.15) is 104 Å². The summed E-state index contributed by atoms with van der Waals surface area (Å²) in [5.41, 5.74) is -3.64. The second-order valence-electron chi connectivity index (χ2n) is 19.3. The monoisotopic (exact) mass is 920 g/mol. The quantitative estimate of drug-likeness (QED) is 0.168. The largest absolute Gasteiger partial charge is 0.416 e. The number of aromatic nitrogens is 3. The predicted octanol–water partition coefficient (Wildman–Crippen LogP) is 7.24. The standard InChI is InChI=1S/C45H54F6N6O6S/c1-28(62-26-41-12-10-34(11-13-41)63-27-41)36(22-61-33-8-4-30(5-9-33)38-52-16-17-64-38)54-37(58)35-21-55(23-42(35)24-56(25-42)40(60)43(14-15-43)45(49,50)51)39(59)31-18-53-57(20-31)19-29-2-6-32(7-3-29)44(46,47)48/h2-3,6-7,16-18,20,28,30,33-36H,4-5,8-15,19,21-27H2,1H3,(H,54,58)/t28-,30?,33?,34?,35+,36-,41?/m1/s1. The molecule has 3 aromatic rings. The number of amides is 3. The van der Waals surface area contributed by atoms with Crippen LogP contribution in [0, 0.1) is 22.2 Å². The zero-order chi connectivity index (χ0) is 45.1. The smallest absolute Gasteiger partial charge is 0.378 e. The van der Waals surface area contributed by atoms with Gasteiger partial charge in [0.1, 0.15) is 5.41 Å². The number of thiazole rings is 1. The maximum absolute atomic E-state index is 14.7. The molecule has 3 aliphatic carbocycles. The van der Waals surface area contributed by atoms with E-state index >= 15 is 0 Å². The number of carbonyl (C=O) groups is 3. The lowest BCUT2D eigenvalue weighted by atomic mass is 9.70. The molecule has 6 heterocycles. The molecule has 3 atom stereocenters. The second kappa shape index (κ2) is 17.3. The Kier molecular flexibility index (Phi) is 12.2. The van der Waals surface area contributed by atoms with Gasteiger partial charge in [0.15, 0.2) is 0 Å². The van der Waals surface area contributed by atoms with Gasteiger partial charge in [-0.1, -0.05) is 12.1 Å². The number of nitrogens with one attached hydrogen (secondary N) is 1. The highest BCUT2D eigenvalue weighted by molar-refractivity contribution is 7.09. The third-order valence-corrected chi connectivity index (χ3v) is 15.8. The van der Waals surface area contributed by atoms with Crippen LogP contribution in [-0.4, -0.2) is 119 Å². The summed E-state index contributed by atoms with van der Waals surface area (Å²) in [6.07, 6.45) is 2.09. The van der Waals surface area contributed by atoms with Gasteiger partial charge in [-0.2, -0.15) is 31.4 Å². The first-order chi connectivity index (χ1) is 30.4. The first kappa shape index (κ1) is 45.1. The van der Waals surface area contributed by atoms with E-state index in [2.05, 4.69) is 15.4 Å². The van der Waals surface area contributed by atoms with Gasteiger partial charge in [-0.25, -0.2) is 4.98 Å². The number of halogens is 6. The van der Waals surface area contributed by atoms with Gasteiger partial charge in [-0.05, 0) is 88.8 Å². The van der Waals surface area contributed by atoms with Gasteiger partial charge >= 0.3 is 12.4 Å². The molecule has 1 aromatic carbocycles. The van der Waals surface area contributed by atoms with Crippen LogP contribution < -0.4 is 5.32 Å². The number of likely N-dealkylation sites (tertiary alicyclic amines) is 2. The highest BCUT2D eigenvalue weighted by Crippen LogP contribution is 2.60. The van der Waals surface area contributed by atoms with Crippen molar-refractivity contribution in [1.82, 2.24) is 29.9 Å². The molecule has 2 bridgehead atoms. The highest BCUT2D eigenvalue weighted by Gasteiger charge is 2.71. The highest BCUT2D eigenvalue weighted by atomic mass is 32.1. The van der Waals surface area contributed by atoms with E-state index in [1.54, 1.807) is 11.3 Å². The molecule has 10 rings (SSSR count). The number of rotatable bonds is 14. The Morgan fingerprint density at radius 2 is 1.66 bits per heavy atom. The molecule has 7 fully saturated rings. The molecule has 1 N–H and O–H groups in total. The van der Waals surface area contributed by atoms with Crippen LogP contribution >= 0.6 is 11.3 Å². The molecule has 4 aliphatic heterocycles. The van der Waals surface area contributed by atoms with Gasteiger partial charge in [0, 0.05) is 60.7 Å². The van der Waals surface area contributed by atoms with E-state index in [1.807, 2.05) is 18.5 Å². The summed E-state index contributed by atoms with van der Waals surface area (Å²) >= 11 is 1.65. The molecule has 2 aromatic heterocycles. The summed E-state index contributed by atoms with van der Waals surface area (Å²) in [5, 5.41) is 10.6. The number of ether oxygens (including phenoxy) is 3. The molecule has 3 amide bonds. The van der Waals surface area contributed by atoms with E-state index in [4.69, 9.17) is 14.2 Å². The molecule has 1 spiro atoms. The van der Waals surface area contributed by atoms with E-state index in [0.717, 1.165) is 68.5 Å². The molecule has 7 aliphatic rings. The summed E-state index contributed by atoms with van der Waals surface area (Å²) in [7, 11) is 0. The number of benzene rings is 1. The fourth-order valence-electron chi connectivity index (χ4n) is 10.6. The number of fused-ring (bicyclic) bond motifs is 3. The van der Waals surface area contributed by atoms with Crippen molar-refractivity contribution in [1.29, 1.82) is 0 Å². The topological polar surface area (TPSA) is 128 Å². The SMILES string of the molecule is C[C@@H](OCC12CCC(CC1)OC2)[C@@H](COC1CCC(c2nccs2)CC1)NC(=O)[C@@H]1CN(C(=O)c2cnn(Cc3ccc(C(F)(F)F)cc3)c2)CC12CN(C(=O)C1(C(F)(F)F)CC1)C2. The van der Waals surface area contributed by atoms with E-state index in [0.29, 0.717) is 30.8 Å². The minimum Gasteiger partial charge on any atom is -0.378 e. The Hall–Kier alpha value is -4.07. The lowest BCUT2D eigenvalue weighted by Crippen LogP contribution is -2.66. The maximum Gasteiger partial charge on any atom is 0.416 e. The molecule has 4 saturated heterocycles. The lowest BCUT2D eigenvalue weighted by Gasteiger charge is -2.51. The molecule has 64 heavy (non-hydrogen) atoms. The first-order valence-electron chi connectivity index (χ1n) is 22.3. The third-order valence-electron chi connectivity index (χ3n) is 14.9. The van der Waals surface area contributed by atoms with Crippen LogP contribution in [0.2, 0.25) is 0 Å². The second-order valence-corrected chi connectivity index (χ2v) is 20.2. The molecule has 348 valence electrons. The van der Waals surface area contributed by atoms with Gasteiger partial charge in [0.25, 0.3) is 5.91 Å². The zero-order valence-corrected chi connectivity index (χ0v) is 36.5. The number of carbonyl (C=O) groups excluding carboxylic acids is 3. The summed E-state index contributed by atoms with van der Waals surface area (Å²) in [6.45, 7) is 2.91. The van der Waals surface area contributed by atoms with Gasteiger partial charge < -0.3 is 29.3 Å². The average molecular weight is 921 g/mol. The molecule has 3 saturated carbocycles. The van der Waals surface area contributed by atoms with Crippen LogP contribution in [0.4, 0.5) is 26.3 Å². The summed E-state index contributed by atoms with van der Waals surface area (Å²) in [4.78, 5) is 49.4. The summed E-state index contributed by atoms with van der Waals surface area (Å²) < 4.78 is 102. The minimum absolute atomic E-state index is 0.00980. The molecule has 0 radical (unpaired) electrons. The normalized spacial score (nSPS) is 28.2. The van der Waals surface area contributed by atoms with Crippen LogP contribution in [0.3, 0.4) is 0 Å². The van der Waals surface area contributed by atoms with E-state index in [1.165, 1.54) is 39.0 Å². The fourth-order valence-corrected chi connectivity index (χ4v) is 11.4. The summed E-state index contributed by atoms with van der Waals surface area (Å²) in [6, 6.07) is 4.01. The van der Waals surface area contributed by atoms with Gasteiger partial charge in [0.2, 0.25) is 11.8 Å². The average Bonchev–Trinajstić information content (AvgIpc) is 3.55. The van der Waals surface area contributed by atoms with Gasteiger partial charge in [-0.3, -0.25) is 19.1 Å². The van der Waals surface area contributed by atoms with Crippen molar-refractivity contribution < 1.29 is 54.9 Å². The molecular formula is C45H54F6N6O6S. The Labute approximate surface area is 371 Å². The van der Waals surface area contributed by atoms with Crippen molar-refractivity contribution in [2.45, 2.75) is 120 Å². The first-order valence-corrected chi connectivity index (χ1v) is 23.2. The van der Waals surface area contributed by atoms with Crippen molar-refractivity contribution in [3.05, 3.63) is 69.9 Å². The van der Waals surface area contributed by atoms with Gasteiger partial charge in [0.05, 0.1) is 79.0 Å². The minimum atomic E-state index is -4.70. The van der Waals surface area contributed by atoms with E-state index in [-0.39, 0.29) is 69.3 Å². The Morgan fingerprint density at radius 3 is 2.27 bits per heavy atom. The van der Waals surface area contributed by atoms with E-state index < -0.39 is 64.5 Å². The lowest BCUT2D eigenvalue weighted by molar-refractivity contribution is -0.205. The van der Waals surface area contributed by atoms with Crippen molar-refractivity contribution in [3.8, 4) is 0 Å². The van der Waals surface area contributed by atoms with Crippen LogP contribution in [0.25, 0.3) is 0 Å². The van der Waals surface area contributed by atoms with Crippen LogP contribution in [0.15, 0.2) is 48.2 Å². The van der Waals surface area contributed by atoms with Crippen LogP contribution in [-0.2, 0) is 36.5 Å². The Bertz CT molecular complexity index is 2130. The van der Waals surface area contributed by atoms with Crippen molar-refractivity contribution in [3.63, 3.8) is 0 Å². The molecule has 19 heteroatoms. The Balaban J connectivity index is 0.908. The summed E-state index contributed by atoms with van der Waals surface area (Å²) in [5.74, 6) is -2.39. The Morgan fingerprint density at radius 1 is 0.953 bits per heavy atom. The number of alkyl halides is 6. The maximum atomic E-state index is 14.7. The number of nitrogens with zero attached hydrogens (tertiary/aromatic N) is 5. The predicted molar refractivity (Wildman–Crippen MR) is 220 cm³/mol. The van der Waals surface area contributed by atoms with Crippen LogP contribution in [0.5, 0.6) is 0 Å². The molecule has 0 unspecified atom stereocenters. The fraction of sp³-hybridized carbons (Fsp3) is 0.667. The zero-order valence-electron chi connectivity index (χ0n) is 35.7. The van der Waals surface area contributed by atoms with Gasteiger partial charge in [-0.15, -0.1) is 11.3 Å². The number of hydrogen-bond acceptors (Lipinski definition) is 9. The van der Waals surface area contributed by atoms with Crippen molar-refractivity contribution in [2.75, 3.05) is 46.0 Å². The van der Waals surface area contributed by atoms with E-state index in [9.17, 15) is 40.7 Å². The molecular weight excluding hydrogens is 867 g/mol. The third kappa shape index (κ3) is 9.06. The number of hydrogen-bond donors (Lipinski definition) is 1. The van der Waals surface area contributed by atoms with Crippen molar-refractivity contribution in [2.24, 2.45) is 22.2 Å². The van der Waals surface area contributed by atoms with Crippen molar-refractivity contribution >= 4 is 29.1 Å². The molecule has 12 nitrogen and oxygen atoms in total.